The van der Waals surface area contributed by atoms with E-state index in [4.69, 9.17) is 23.5 Å². The van der Waals surface area contributed by atoms with E-state index in [0.717, 1.165) is 5.47 Å². The van der Waals surface area contributed by atoms with Crippen molar-refractivity contribution in [1.29, 1.82) is 0 Å². The molecule has 1 aliphatic carbocycles. The average Bonchev–Trinajstić information content (AvgIpc) is 2.77. The third-order valence-corrected chi connectivity index (χ3v) is 5.70. The lowest BCUT2D eigenvalue weighted by atomic mass is 9.70. The number of hydrogen-bond donors (Lipinski definition) is 0. The van der Waals surface area contributed by atoms with Crippen LogP contribution in [0.1, 0.15) is 47.0 Å². The Hall–Kier alpha value is -0.465. The summed E-state index contributed by atoms with van der Waals surface area (Å²) < 4.78 is 43.5. The SMILES string of the molecule is CC1(C)OB(C2=CCC(F)(COC[C@H]3COCCO3)CC2)OC1(C)C. The smallest absolute Gasteiger partial charge is 0.400 e. The molecule has 25 heavy (non-hydrogen) atoms. The van der Waals surface area contributed by atoms with Crippen LogP contribution in [0.2, 0.25) is 0 Å². The molecule has 0 saturated carbocycles. The summed E-state index contributed by atoms with van der Waals surface area (Å²) in [5.74, 6) is 0. The highest BCUT2D eigenvalue weighted by Crippen LogP contribution is 2.41. The van der Waals surface area contributed by atoms with Crippen LogP contribution in [0.15, 0.2) is 11.5 Å². The molecule has 0 amide bonds. The van der Waals surface area contributed by atoms with Crippen molar-refractivity contribution in [1.82, 2.24) is 0 Å². The summed E-state index contributed by atoms with van der Waals surface area (Å²) in [5.41, 5.74) is -1.03. The van der Waals surface area contributed by atoms with Crippen LogP contribution >= 0.6 is 0 Å². The van der Waals surface area contributed by atoms with E-state index in [9.17, 15) is 4.39 Å². The molecule has 2 fully saturated rings. The zero-order valence-corrected chi connectivity index (χ0v) is 15.8. The van der Waals surface area contributed by atoms with Gasteiger partial charge in [0.2, 0.25) is 0 Å². The van der Waals surface area contributed by atoms with Gasteiger partial charge < -0.3 is 23.5 Å². The van der Waals surface area contributed by atoms with E-state index in [-0.39, 0.29) is 31.0 Å². The first kappa shape index (κ1) is 19.3. The number of halogens is 1. The van der Waals surface area contributed by atoms with Crippen LogP contribution < -0.4 is 0 Å². The third kappa shape index (κ3) is 4.45. The van der Waals surface area contributed by atoms with Crippen LogP contribution in [0.25, 0.3) is 0 Å². The quantitative estimate of drug-likeness (QED) is 0.709. The fourth-order valence-electron chi connectivity index (χ4n) is 3.23. The van der Waals surface area contributed by atoms with E-state index in [1.165, 1.54) is 0 Å². The number of alkyl halides is 1. The van der Waals surface area contributed by atoms with Crippen molar-refractivity contribution in [2.45, 2.75) is 69.9 Å². The van der Waals surface area contributed by atoms with E-state index in [1.54, 1.807) is 0 Å². The molecule has 2 saturated heterocycles. The molecular formula is C18H30BFO5. The van der Waals surface area contributed by atoms with Crippen molar-refractivity contribution in [3.63, 3.8) is 0 Å². The van der Waals surface area contributed by atoms with Gasteiger partial charge in [-0.25, -0.2) is 4.39 Å². The summed E-state index contributed by atoms with van der Waals surface area (Å²) in [6.07, 6.45) is 3.21. The summed E-state index contributed by atoms with van der Waals surface area (Å²) in [6, 6.07) is 0. The first-order valence-corrected chi connectivity index (χ1v) is 9.21. The van der Waals surface area contributed by atoms with Crippen molar-refractivity contribution < 1.29 is 27.9 Å². The molecule has 0 radical (unpaired) electrons. The number of allylic oxidation sites excluding steroid dienone is 2. The van der Waals surface area contributed by atoms with Gasteiger partial charge in [-0.3, -0.25) is 0 Å². The van der Waals surface area contributed by atoms with Crippen LogP contribution in [0.4, 0.5) is 4.39 Å². The van der Waals surface area contributed by atoms with Crippen molar-refractivity contribution in [3.8, 4) is 0 Å². The maximum atomic E-state index is 15.0. The van der Waals surface area contributed by atoms with E-state index >= 15 is 0 Å². The molecule has 0 spiro atoms. The lowest BCUT2D eigenvalue weighted by Crippen LogP contribution is -2.41. The summed E-state index contributed by atoms with van der Waals surface area (Å²) in [7, 11) is -0.372. The Balaban J connectivity index is 1.48. The second kappa shape index (κ2) is 7.27. The van der Waals surface area contributed by atoms with Crippen LogP contribution in [0.5, 0.6) is 0 Å². The predicted molar refractivity (Wildman–Crippen MR) is 93.2 cm³/mol. The summed E-state index contributed by atoms with van der Waals surface area (Å²) in [6.45, 7) is 10.3. The molecule has 0 aromatic rings. The fourth-order valence-corrected chi connectivity index (χ4v) is 3.23. The summed E-state index contributed by atoms with van der Waals surface area (Å²) in [4.78, 5) is 0. The van der Waals surface area contributed by atoms with Crippen LogP contribution in [0.3, 0.4) is 0 Å². The van der Waals surface area contributed by atoms with Gasteiger partial charge in [0.05, 0.1) is 44.2 Å². The maximum absolute atomic E-state index is 15.0. The predicted octanol–water partition coefficient (Wildman–Crippen LogP) is 2.87. The van der Waals surface area contributed by atoms with Gasteiger partial charge in [-0.1, -0.05) is 6.08 Å². The zero-order valence-electron chi connectivity index (χ0n) is 15.8. The molecule has 2 heterocycles. The minimum absolute atomic E-state index is 0.0833. The molecule has 0 N–H and O–H groups in total. The Bertz CT molecular complexity index is 488. The molecule has 5 nitrogen and oxygen atoms in total. The average molecular weight is 356 g/mol. The molecule has 2 atom stereocenters. The molecule has 0 bridgehead atoms. The highest BCUT2D eigenvalue weighted by Gasteiger charge is 2.53. The second-order valence-electron chi connectivity index (χ2n) is 8.31. The largest absolute Gasteiger partial charge is 0.490 e. The minimum Gasteiger partial charge on any atom is -0.400 e. The van der Waals surface area contributed by atoms with E-state index in [2.05, 4.69) is 0 Å². The summed E-state index contributed by atoms with van der Waals surface area (Å²) in [5, 5.41) is 0. The van der Waals surface area contributed by atoms with E-state index < -0.39 is 5.67 Å². The highest BCUT2D eigenvalue weighted by molar-refractivity contribution is 6.54. The van der Waals surface area contributed by atoms with Gasteiger partial charge in [0.15, 0.2) is 0 Å². The molecule has 2 aliphatic heterocycles. The van der Waals surface area contributed by atoms with Gasteiger partial charge in [0.1, 0.15) is 11.8 Å². The maximum Gasteiger partial charge on any atom is 0.490 e. The molecule has 3 rings (SSSR count). The van der Waals surface area contributed by atoms with Crippen molar-refractivity contribution in [2.75, 3.05) is 33.0 Å². The Morgan fingerprint density at radius 2 is 1.92 bits per heavy atom. The van der Waals surface area contributed by atoms with Crippen molar-refractivity contribution in [3.05, 3.63) is 11.5 Å². The molecule has 0 aromatic heterocycles. The number of rotatable bonds is 5. The lowest BCUT2D eigenvalue weighted by molar-refractivity contribution is -0.124. The number of hydrogen-bond acceptors (Lipinski definition) is 5. The number of ether oxygens (including phenoxy) is 3. The first-order chi connectivity index (χ1) is 11.7. The van der Waals surface area contributed by atoms with Gasteiger partial charge in [-0.05, 0) is 46.0 Å². The molecular weight excluding hydrogens is 326 g/mol. The Morgan fingerprint density at radius 1 is 1.20 bits per heavy atom. The summed E-state index contributed by atoms with van der Waals surface area (Å²) >= 11 is 0. The fraction of sp³-hybridized carbons (Fsp3) is 0.889. The standard InChI is InChI=1S/C18H30BFO5/c1-16(2)17(3,4)25-19(24-16)14-5-7-18(20,8-6-14)13-22-12-15-11-21-9-10-23-15/h5,15H,6-13H2,1-4H3/t15-,18?/m1/s1. The molecule has 1 unspecified atom stereocenters. The topological polar surface area (TPSA) is 46.2 Å². The molecule has 0 aromatic carbocycles. The monoisotopic (exact) mass is 356 g/mol. The van der Waals surface area contributed by atoms with Gasteiger partial charge in [0.25, 0.3) is 0 Å². The van der Waals surface area contributed by atoms with Crippen LogP contribution in [-0.4, -0.2) is 63.1 Å². The van der Waals surface area contributed by atoms with Gasteiger partial charge in [-0.15, -0.1) is 0 Å². The van der Waals surface area contributed by atoms with Crippen molar-refractivity contribution in [2.24, 2.45) is 0 Å². The van der Waals surface area contributed by atoms with Gasteiger partial charge in [0, 0.05) is 6.42 Å². The molecule has 142 valence electrons. The molecule has 7 heteroatoms. The van der Waals surface area contributed by atoms with Crippen LogP contribution in [0, 0.1) is 0 Å². The van der Waals surface area contributed by atoms with Gasteiger partial charge >= 0.3 is 7.12 Å². The van der Waals surface area contributed by atoms with Gasteiger partial charge in [-0.2, -0.15) is 0 Å². The zero-order chi connectivity index (χ0) is 18.1. The van der Waals surface area contributed by atoms with E-state index in [0.29, 0.717) is 45.7 Å². The Morgan fingerprint density at radius 3 is 2.48 bits per heavy atom. The van der Waals surface area contributed by atoms with Crippen LogP contribution in [-0.2, 0) is 23.5 Å². The highest BCUT2D eigenvalue weighted by atomic mass is 19.1. The van der Waals surface area contributed by atoms with E-state index in [1.807, 2.05) is 33.8 Å². The molecule has 3 aliphatic rings. The first-order valence-electron chi connectivity index (χ1n) is 9.21. The lowest BCUT2D eigenvalue weighted by Gasteiger charge is -2.32. The minimum atomic E-state index is -1.33. The third-order valence-electron chi connectivity index (χ3n) is 5.70. The van der Waals surface area contributed by atoms with Crippen molar-refractivity contribution >= 4 is 7.12 Å². The Labute approximate surface area is 150 Å². The second-order valence-corrected chi connectivity index (χ2v) is 8.31. The Kier molecular flexibility index (Phi) is 5.62. The normalized spacial score (nSPS) is 34.8.